The lowest BCUT2D eigenvalue weighted by Crippen LogP contribution is -2.04. The second-order valence-electron chi connectivity index (χ2n) is 5.20. The van der Waals surface area contributed by atoms with E-state index in [-0.39, 0.29) is 4.83 Å². The van der Waals surface area contributed by atoms with Gasteiger partial charge in [0.2, 0.25) is 0 Å². The third-order valence-electron chi connectivity index (χ3n) is 3.91. The molecule has 0 spiro atoms. The van der Waals surface area contributed by atoms with Crippen molar-refractivity contribution in [3.05, 3.63) is 65.7 Å². The van der Waals surface area contributed by atoms with Crippen LogP contribution in [0.2, 0.25) is 0 Å². The Hall–Kier alpha value is 0.130. The summed E-state index contributed by atoms with van der Waals surface area (Å²) in [7, 11) is 0. The SMILES string of the molecule is Cc1cc(C)c(C)c(C(Br)c2cc(I)ccc2Br)c1C. The summed E-state index contributed by atoms with van der Waals surface area (Å²) < 4.78 is 2.41. The summed E-state index contributed by atoms with van der Waals surface area (Å²) in [6, 6.07) is 8.76. The van der Waals surface area contributed by atoms with Crippen LogP contribution in [0, 0.1) is 31.3 Å². The van der Waals surface area contributed by atoms with Crippen LogP contribution in [-0.4, -0.2) is 0 Å². The predicted molar refractivity (Wildman–Crippen MR) is 103 cm³/mol. The van der Waals surface area contributed by atoms with Crippen LogP contribution >= 0.6 is 54.5 Å². The first-order valence-electron chi connectivity index (χ1n) is 6.49. The fourth-order valence-electron chi connectivity index (χ4n) is 2.49. The maximum Gasteiger partial charge on any atom is 0.0661 e. The predicted octanol–water partition coefficient (Wildman–Crippen LogP) is 6.77. The lowest BCUT2D eigenvalue weighted by Gasteiger charge is -2.21. The van der Waals surface area contributed by atoms with E-state index >= 15 is 0 Å². The first-order chi connectivity index (χ1) is 9.32. The molecule has 2 aromatic rings. The minimum absolute atomic E-state index is 0.213. The number of halogens is 3. The largest absolute Gasteiger partial charge is 0.0786 e. The summed E-state index contributed by atoms with van der Waals surface area (Å²) in [5, 5.41) is 0. The zero-order chi connectivity index (χ0) is 15.0. The molecule has 0 fully saturated rings. The van der Waals surface area contributed by atoms with E-state index in [0.717, 1.165) is 4.47 Å². The lowest BCUT2D eigenvalue weighted by molar-refractivity contribution is 1.07. The third kappa shape index (κ3) is 3.14. The Kier molecular flexibility index (Phi) is 5.35. The molecule has 0 heterocycles. The van der Waals surface area contributed by atoms with Gasteiger partial charge in [0.15, 0.2) is 0 Å². The molecular weight excluding hydrogens is 491 g/mol. The molecule has 0 amide bonds. The maximum atomic E-state index is 3.92. The average molecular weight is 508 g/mol. The van der Waals surface area contributed by atoms with Crippen LogP contribution in [0.1, 0.15) is 38.2 Å². The molecule has 106 valence electrons. The number of aryl methyl sites for hydroxylation is 2. The second kappa shape index (κ2) is 6.49. The second-order valence-corrected chi connectivity index (χ2v) is 8.22. The minimum atomic E-state index is 0.213. The van der Waals surface area contributed by atoms with Crippen molar-refractivity contribution in [3.63, 3.8) is 0 Å². The molecule has 20 heavy (non-hydrogen) atoms. The van der Waals surface area contributed by atoms with Gasteiger partial charge in [0.1, 0.15) is 0 Å². The molecule has 0 aliphatic rings. The van der Waals surface area contributed by atoms with Crippen molar-refractivity contribution in [2.24, 2.45) is 0 Å². The van der Waals surface area contributed by atoms with E-state index in [4.69, 9.17) is 0 Å². The fourth-order valence-corrected chi connectivity index (χ4v) is 4.86. The topological polar surface area (TPSA) is 0 Å². The van der Waals surface area contributed by atoms with Crippen molar-refractivity contribution < 1.29 is 0 Å². The van der Waals surface area contributed by atoms with Crippen LogP contribution in [0.4, 0.5) is 0 Å². The molecular formula is C17H17Br2I. The lowest BCUT2D eigenvalue weighted by atomic mass is 9.90. The Morgan fingerprint density at radius 3 is 2.05 bits per heavy atom. The summed E-state index contributed by atoms with van der Waals surface area (Å²) in [5.74, 6) is 0. The maximum absolute atomic E-state index is 3.92. The summed E-state index contributed by atoms with van der Waals surface area (Å²) >= 11 is 9.96. The van der Waals surface area contributed by atoms with Gasteiger partial charge in [-0.2, -0.15) is 0 Å². The van der Waals surface area contributed by atoms with Crippen LogP contribution in [0.5, 0.6) is 0 Å². The Balaban J connectivity index is 2.65. The molecule has 0 saturated carbocycles. The van der Waals surface area contributed by atoms with Gasteiger partial charge in [-0.1, -0.05) is 37.9 Å². The highest BCUT2D eigenvalue weighted by atomic mass is 127. The number of rotatable bonds is 2. The molecule has 2 rings (SSSR count). The Morgan fingerprint density at radius 2 is 1.50 bits per heavy atom. The van der Waals surface area contributed by atoms with Gasteiger partial charge in [-0.25, -0.2) is 0 Å². The van der Waals surface area contributed by atoms with E-state index < -0.39 is 0 Å². The van der Waals surface area contributed by atoms with Gasteiger partial charge in [-0.15, -0.1) is 0 Å². The molecule has 0 aliphatic heterocycles. The number of hydrogen-bond acceptors (Lipinski definition) is 0. The normalized spacial score (nSPS) is 12.6. The highest BCUT2D eigenvalue weighted by Gasteiger charge is 2.20. The van der Waals surface area contributed by atoms with Crippen LogP contribution in [0.15, 0.2) is 28.7 Å². The van der Waals surface area contributed by atoms with Crippen molar-refractivity contribution >= 4 is 54.5 Å². The summed E-state index contributed by atoms with van der Waals surface area (Å²) in [6.07, 6.45) is 0. The molecule has 0 nitrogen and oxygen atoms in total. The quantitative estimate of drug-likeness (QED) is 0.311. The molecule has 0 aliphatic carbocycles. The molecule has 0 saturated heterocycles. The van der Waals surface area contributed by atoms with E-state index in [1.807, 2.05) is 0 Å². The molecule has 0 N–H and O–H groups in total. The van der Waals surface area contributed by atoms with Gasteiger partial charge < -0.3 is 0 Å². The van der Waals surface area contributed by atoms with E-state index in [1.165, 1.54) is 37.0 Å². The van der Waals surface area contributed by atoms with Gasteiger partial charge in [0, 0.05) is 8.04 Å². The van der Waals surface area contributed by atoms with Gasteiger partial charge in [-0.05, 0) is 102 Å². The van der Waals surface area contributed by atoms with Crippen LogP contribution < -0.4 is 0 Å². The molecule has 2 aromatic carbocycles. The Morgan fingerprint density at radius 1 is 0.950 bits per heavy atom. The van der Waals surface area contributed by atoms with Gasteiger partial charge in [-0.3, -0.25) is 0 Å². The van der Waals surface area contributed by atoms with E-state index in [9.17, 15) is 0 Å². The Labute approximate surface area is 151 Å². The number of hydrogen-bond donors (Lipinski definition) is 0. The number of alkyl halides is 1. The highest BCUT2D eigenvalue weighted by molar-refractivity contribution is 14.1. The monoisotopic (exact) mass is 506 g/mol. The van der Waals surface area contributed by atoms with Crippen LogP contribution in [0.3, 0.4) is 0 Å². The first kappa shape index (κ1) is 16.5. The zero-order valence-electron chi connectivity index (χ0n) is 12.0. The van der Waals surface area contributed by atoms with E-state index in [1.54, 1.807) is 0 Å². The highest BCUT2D eigenvalue weighted by Crippen LogP contribution is 2.40. The summed E-state index contributed by atoms with van der Waals surface area (Å²) in [6.45, 7) is 8.81. The number of benzene rings is 2. The standard InChI is InChI=1S/C17H17Br2I/c1-9-7-10(2)12(4)16(11(9)3)17(19)14-8-13(20)5-6-15(14)18/h5-8,17H,1-4H3. The molecule has 1 atom stereocenters. The Bertz CT molecular complexity index is 636. The average Bonchev–Trinajstić information content (AvgIpc) is 2.39. The van der Waals surface area contributed by atoms with Crippen LogP contribution in [-0.2, 0) is 0 Å². The van der Waals surface area contributed by atoms with Gasteiger partial charge in [0.05, 0.1) is 4.83 Å². The minimum Gasteiger partial charge on any atom is -0.0786 e. The smallest absolute Gasteiger partial charge is 0.0661 e. The van der Waals surface area contributed by atoms with E-state index in [0.29, 0.717) is 0 Å². The third-order valence-corrected chi connectivity index (χ3v) is 6.25. The van der Waals surface area contributed by atoms with Crippen molar-refractivity contribution in [3.8, 4) is 0 Å². The molecule has 0 bridgehead atoms. The summed E-state index contributed by atoms with van der Waals surface area (Å²) in [5.41, 5.74) is 8.14. The van der Waals surface area contributed by atoms with E-state index in [2.05, 4.69) is 106 Å². The van der Waals surface area contributed by atoms with Crippen molar-refractivity contribution in [2.75, 3.05) is 0 Å². The molecule has 1 unspecified atom stereocenters. The van der Waals surface area contributed by atoms with Gasteiger partial charge >= 0.3 is 0 Å². The van der Waals surface area contributed by atoms with Gasteiger partial charge in [0.25, 0.3) is 0 Å². The van der Waals surface area contributed by atoms with Crippen molar-refractivity contribution in [1.29, 1.82) is 0 Å². The fraction of sp³-hybridized carbons (Fsp3) is 0.294. The zero-order valence-corrected chi connectivity index (χ0v) is 17.4. The van der Waals surface area contributed by atoms with Crippen molar-refractivity contribution in [1.82, 2.24) is 0 Å². The molecule has 0 aromatic heterocycles. The van der Waals surface area contributed by atoms with Crippen molar-refractivity contribution in [2.45, 2.75) is 32.5 Å². The molecule has 0 radical (unpaired) electrons. The van der Waals surface area contributed by atoms with Crippen LogP contribution in [0.25, 0.3) is 0 Å². The first-order valence-corrected chi connectivity index (χ1v) is 9.28. The molecule has 3 heteroatoms. The summed E-state index contributed by atoms with van der Waals surface area (Å²) in [4.78, 5) is 0.213.